The second-order valence-electron chi connectivity index (χ2n) is 4.24. The summed E-state index contributed by atoms with van der Waals surface area (Å²) in [4.78, 5) is 11.1. The van der Waals surface area contributed by atoms with Crippen LogP contribution in [0.1, 0.15) is 18.4 Å². The monoisotopic (exact) mass is 240 g/mol. The molecule has 2 aromatic carbocycles. The summed E-state index contributed by atoms with van der Waals surface area (Å²) in [6.07, 6.45) is 0. The summed E-state index contributed by atoms with van der Waals surface area (Å²) < 4.78 is 0. The van der Waals surface area contributed by atoms with Crippen LogP contribution in [0.3, 0.4) is 0 Å². The number of carbonyl (C=O) groups excluding carboxylic acids is 1. The summed E-state index contributed by atoms with van der Waals surface area (Å²) in [7, 11) is 0. The van der Waals surface area contributed by atoms with Gasteiger partial charge < -0.3 is 11.1 Å². The van der Waals surface area contributed by atoms with Crippen LogP contribution >= 0.6 is 0 Å². The first kappa shape index (κ1) is 12.2. The number of anilines is 2. The van der Waals surface area contributed by atoms with E-state index in [-0.39, 0.29) is 11.8 Å². The fourth-order valence-electron chi connectivity index (χ4n) is 1.71. The highest BCUT2D eigenvalue weighted by atomic mass is 16.1. The van der Waals surface area contributed by atoms with Gasteiger partial charge in [-0.1, -0.05) is 30.3 Å². The third kappa shape index (κ3) is 2.88. The molecule has 1 amide bonds. The molecule has 0 heterocycles. The van der Waals surface area contributed by atoms with Crippen molar-refractivity contribution in [2.24, 2.45) is 5.73 Å². The Bertz CT molecular complexity index is 520. The number of amides is 1. The quantitative estimate of drug-likeness (QED) is 0.863. The largest absolute Gasteiger partial charge is 0.369 e. The van der Waals surface area contributed by atoms with Crippen LogP contribution < -0.4 is 11.1 Å². The standard InChI is InChI=1S/C15H16N2O/c1-11(15(16)18)12-7-9-14(10-8-12)17-13-5-3-2-4-6-13/h2-11,17H,1H3,(H2,16,18). The summed E-state index contributed by atoms with van der Waals surface area (Å²) in [6.45, 7) is 1.81. The van der Waals surface area contributed by atoms with E-state index in [9.17, 15) is 4.79 Å². The van der Waals surface area contributed by atoms with Gasteiger partial charge in [-0.25, -0.2) is 0 Å². The summed E-state index contributed by atoms with van der Waals surface area (Å²) in [6, 6.07) is 17.7. The molecule has 92 valence electrons. The lowest BCUT2D eigenvalue weighted by molar-refractivity contribution is -0.119. The SMILES string of the molecule is CC(C(N)=O)c1ccc(Nc2ccccc2)cc1. The predicted molar refractivity (Wildman–Crippen MR) is 73.8 cm³/mol. The van der Waals surface area contributed by atoms with E-state index in [4.69, 9.17) is 5.73 Å². The lowest BCUT2D eigenvalue weighted by Gasteiger charge is -2.10. The van der Waals surface area contributed by atoms with Gasteiger partial charge in [-0.3, -0.25) is 4.79 Å². The summed E-state index contributed by atoms with van der Waals surface area (Å²) in [5.74, 6) is -0.561. The molecule has 18 heavy (non-hydrogen) atoms. The molecular formula is C15H16N2O. The average molecular weight is 240 g/mol. The van der Waals surface area contributed by atoms with Gasteiger partial charge >= 0.3 is 0 Å². The number of nitrogens with one attached hydrogen (secondary N) is 1. The molecule has 0 radical (unpaired) electrons. The topological polar surface area (TPSA) is 55.1 Å². The van der Waals surface area contributed by atoms with Gasteiger partial charge in [-0.15, -0.1) is 0 Å². The van der Waals surface area contributed by atoms with E-state index in [2.05, 4.69) is 5.32 Å². The Morgan fingerprint density at radius 1 is 1.00 bits per heavy atom. The number of nitrogens with two attached hydrogens (primary N) is 1. The second-order valence-corrected chi connectivity index (χ2v) is 4.24. The number of hydrogen-bond donors (Lipinski definition) is 2. The maximum Gasteiger partial charge on any atom is 0.224 e. The van der Waals surface area contributed by atoms with Crippen LogP contribution in [0.15, 0.2) is 54.6 Å². The summed E-state index contributed by atoms with van der Waals surface area (Å²) >= 11 is 0. The van der Waals surface area contributed by atoms with Crippen LogP contribution in [0, 0.1) is 0 Å². The highest BCUT2D eigenvalue weighted by Crippen LogP contribution is 2.20. The van der Waals surface area contributed by atoms with Crippen molar-refractivity contribution < 1.29 is 4.79 Å². The number of carbonyl (C=O) groups is 1. The molecule has 0 saturated heterocycles. The van der Waals surface area contributed by atoms with Gasteiger partial charge in [0.05, 0.1) is 5.92 Å². The van der Waals surface area contributed by atoms with Crippen molar-refractivity contribution >= 4 is 17.3 Å². The molecule has 0 spiro atoms. The molecule has 0 aliphatic rings. The fourth-order valence-corrected chi connectivity index (χ4v) is 1.71. The van der Waals surface area contributed by atoms with Crippen molar-refractivity contribution in [2.75, 3.05) is 5.32 Å². The van der Waals surface area contributed by atoms with Crippen LogP contribution in [0.2, 0.25) is 0 Å². The van der Waals surface area contributed by atoms with E-state index in [0.29, 0.717) is 0 Å². The first-order chi connectivity index (χ1) is 8.66. The van der Waals surface area contributed by atoms with Gasteiger partial charge in [0.25, 0.3) is 0 Å². The Morgan fingerprint density at radius 3 is 2.11 bits per heavy atom. The van der Waals surface area contributed by atoms with Gasteiger partial charge in [0.2, 0.25) is 5.91 Å². The normalized spacial score (nSPS) is 11.8. The molecule has 0 aliphatic carbocycles. The van der Waals surface area contributed by atoms with Crippen LogP contribution in [-0.4, -0.2) is 5.91 Å². The van der Waals surface area contributed by atoms with E-state index in [1.54, 1.807) is 0 Å². The molecule has 0 aliphatic heterocycles. The van der Waals surface area contributed by atoms with E-state index in [0.717, 1.165) is 16.9 Å². The molecule has 2 rings (SSSR count). The Morgan fingerprint density at radius 2 is 1.56 bits per heavy atom. The fraction of sp³-hybridized carbons (Fsp3) is 0.133. The van der Waals surface area contributed by atoms with Crippen LogP contribution in [0.25, 0.3) is 0 Å². The lowest BCUT2D eigenvalue weighted by Crippen LogP contribution is -2.18. The van der Waals surface area contributed by atoms with Gasteiger partial charge in [0, 0.05) is 11.4 Å². The zero-order chi connectivity index (χ0) is 13.0. The number of rotatable bonds is 4. The minimum absolute atomic E-state index is 0.254. The average Bonchev–Trinajstić information content (AvgIpc) is 2.40. The molecule has 0 bridgehead atoms. The van der Waals surface area contributed by atoms with E-state index >= 15 is 0 Å². The molecule has 0 fully saturated rings. The molecule has 0 saturated carbocycles. The molecular weight excluding hydrogens is 224 g/mol. The lowest BCUT2D eigenvalue weighted by atomic mass is 10.0. The number of hydrogen-bond acceptors (Lipinski definition) is 2. The maximum atomic E-state index is 11.1. The first-order valence-corrected chi connectivity index (χ1v) is 5.88. The van der Waals surface area contributed by atoms with Crippen LogP contribution in [0.4, 0.5) is 11.4 Å². The third-order valence-corrected chi connectivity index (χ3v) is 2.90. The number of benzene rings is 2. The minimum atomic E-state index is -0.307. The zero-order valence-electron chi connectivity index (χ0n) is 10.3. The predicted octanol–water partition coefficient (Wildman–Crippen LogP) is 3.02. The molecule has 2 aromatic rings. The van der Waals surface area contributed by atoms with Crippen molar-refractivity contribution in [3.63, 3.8) is 0 Å². The first-order valence-electron chi connectivity index (χ1n) is 5.88. The zero-order valence-corrected chi connectivity index (χ0v) is 10.3. The molecule has 0 aromatic heterocycles. The number of primary amides is 1. The van der Waals surface area contributed by atoms with Gasteiger partial charge in [-0.2, -0.15) is 0 Å². The van der Waals surface area contributed by atoms with Crippen LogP contribution in [-0.2, 0) is 4.79 Å². The highest BCUT2D eigenvalue weighted by molar-refractivity contribution is 5.81. The molecule has 3 N–H and O–H groups in total. The Labute approximate surface area is 107 Å². The maximum absolute atomic E-state index is 11.1. The Hall–Kier alpha value is -2.29. The van der Waals surface area contributed by atoms with Gasteiger partial charge in [-0.05, 0) is 36.8 Å². The Kier molecular flexibility index (Phi) is 3.63. The van der Waals surface area contributed by atoms with E-state index in [1.165, 1.54) is 0 Å². The van der Waals surface area contributed by atoms with Gasteiger partial charge in [0.1, 0.15) is 0 Å². The molecule has 3 nitrogen and oxygen atoms in total. The van der Waals surface area contributed by atoms with E-state index in [1.807, 2.05) is 61.5 Å². The summed E-state index contributed by atoms with van der Waals surface area (Å²) in [5, 5.41) is 3.28. The Balaban J connectivity index is 2.11. The third-order valence-electron chi connectivity index (χ3n) is 2.90. The molecule has 1 atom stereocenters. The van der Waals surface area contributed by atoms with Crippen LogP contribution in [0.5, 0.6) is 0 Å². The van der Waals surface area contributed by atoms with Gasteiger partial charge in [0.15, 0.2) is 0 Å². The second kappa shape index (κ2) is 5.36. The smallest absolute Gasteiger partial charge is 0.224 e. The van der Waals surface area contributed by atoms with Crippen molar-refractivity contribution in [1.29, 1.82) is 0 Å². The molecule has 1 unspecified atom stereocenters. The number of para-hydroxylation sites is 1. The summed E-state index contributed by atoms with van der Waals surface area (Å²) in [5.41, 5.74) is 8.23. The minimum Gasteiger partial charge on any atom is -0.369 e. The highest BCUT2D eigenvalue weighted by Gasteiger charge is 2.10. The van der Waals surface area contributed by atoms with Crippen molar-refractivity contribution in [3.8, 4) is 0 Å². The van der Waals surface area contributed by atoms with Crippen molar-refractivity contribution in [3.05, 3.63) is 60.2 Å². The van der Waals surface area contributed by atoms with Crippen molar-refractivity contribution in [2.45, 2.75) is 12.8 Å². The van der Waals surface area contributed by atoms with Crippen molar-refractivity contribution in [1.82, 2.24) is 0 Å². The molecule has 3 heteroatoms. The van der Waals surface area contributed by atoms with E-state index < -0.39 is 0 Å².